The molecule has 0 spiro atoms. The van der Waals surface area contributed by atoms with Crippen LogP contribution in [0.1, 0.15) is 25.5 Å². The van der Waals surface area contributed by atoms with Crippen LogP contribution in [0.15, 0.2) is 24.3 Å². The average Bonchev–Trinajstić information content (AvgIpc) is 2.29. The number of aliphatic hydroxyl groups excluding tert-OH is 1. The number of aliphatic hydroxyl groups is 1. The molecule has 0 aromatic heterocycles. The van der Waals surface area contributed by atoms with Gasteiger partial charge >= 0.3 is 0 Å². The predicted molar refractivity (Wildman–Crippen MR) is 61.1 cm³/mol. The van der Waals surface area contributed by atoms with Gasteiger partial charge in [0.05, 0.1) is 13.7 Å². The summed E-state index contributed by atoms with van der Waals surface area (Å²) in [6, 6.07) is 8.29. The van der Waals surface area contributed by atoms with E-state index < -0.39 is 0 Å². The second kappa shape index (κ2) is 5.73. The molecular weight excluding hydrogens is 190 g/mol. The summed E-state index contributed by atoms with van der Waals surface area (Å²) in [6.45, 7) is 4.19. The Labute approximate surface area is 91.1 Å². The van der Waals surface area contributed by atoms with Gasteiger partial charge in [0, 0.05) is 12.1 Å². The van der Waals surface area contributed by atoms with E-state index in [4.69, 9.17) is 9.84 Å². The lowest BCUT2D eigenvalue weighted by Crippen LogP contribution is -2.31. The van der Waals surface area contributed by atoms with E-state index >= 15 is 0 Å². The van der Waals surface area contributed by atoms with Crippen molar-refractivity contribution in [2.24, 2.45) is 0 Å². The predicted octanol–water partition coefficient (Wildman–Crippen LogP) is 1.73. The molecule has 0 saturated heterocycles. The first-order valence-corrected chi connectivity index (χ1v) is 5.18. The number of nitrogens with one attached hydrogen (secondary N) is 1. The van der Waals surface area contributed by atoms with Crippen LogP contribution in [0.25, 0.3) is 0 Å². The molecule has 0 radical (unpaired) electrons. The fourth-order valence-corrected chi connectivity index (χ4v) is 1.47. The minimum absolute atomic E-state index is 0.113. The molecule has 1 aromatic carbocycles. The third-order valence-corrected chi connectivity index (χ3v) is 2.42. The highest BCUT2D eigenvalue weighted by atomic mass is 16.5. The molecule has 0 unspecified atom stereocenters. The first-order chi connectivity index (χ1) is 7.17. The van der Waals surface area contributed by atoms with Crippen LogP contribution in [0.4, 0.5) is 0 Å². The van der Waals surface area contributed by atoms with Crippen molar-refractivity contribution in [1.82, 2.24) is 5.32 Å². The molecule has 0 aliphatic heterocycles. The smallest absolute Gasteiger partial charge is 0.118 e. The first kappa shape index (κ1) is 12.0. The molecule has 15 heavy (non-hydrogen) atoms. The molecule has 0 heterocycles. The van der Waals surface area contributed by atoms with Crippen molar-refractivity contribution in [3.05, 3.63) is 29.8 Å². The molecule has 2 N–H and O–H groups in total. The molecule has 1 rings (SSSR count). The van der Waals surface area contributed by atoms with Gasteiger partial charge in [-0.05, 0) is 31.5 Å². The largest absolute Gasteiger partial charge is 0.497 e. The molecule has 0 bridgehead atoms. The molecule has 0 aliphatic rings. The van der Waals surface area contributed by atoms with Crippen LogP contribution in [0.3, 0.4) is 0 Å². The molecule has 0 amide bonds. The van der Waals surface area contributed by atoms with E-state index in [0.29, 0.717) is 0 Å². The topological polar surface area (TPSA) is 41.5 Å². The van der Waals surface area contributed by atoms with Crippen molar-refractivity contribution < 1.29 is 9.84 Å². The van der Waals surface area contributed by atoms with E-state index in [1.54, 1.807) is 7.11 Å². The zero-order valence-electron chi connectivity index (χ0n) is 9.53. The lowest BCUT2D eigenvalue weighted by Gasteiger charge is -2.18. The Kier molecular flexibility index (Phi) is 4.59. The van der Waals surface area contributed by atoms with Crippen LogP contribution in [0.2, 0.25) is 0 Å². The van der Waals surface area contributed by atoms with Crippen LogP contribution >= 0.6 is 0 Å². The maximum Gasteiger partial charge on any atom is 0.118 e. The Balaban J connectivity index is 2.61. The van der Waals surface area contributed by atoms with Gasteiger partial charge in [0.15, 0.2) is 0 Å². The Morgan fingerprint density at radius 3 is 2.33 bits per heavy atom. The lowest BCUT2D eigenvalue weighted by atomic mass is 10.1. The van der Waals surface area contributed by atoms with Gasteiger partial charge in [0.25, 0.3) is 0 Å². The molecule has 3 heteroatoms. The van der Waals surface area contributed by atoms with Crippen molar-refractivity contribution in [3.8, 4) is 5.75 Å². The molecule has 0 fully saturated rings. The zero-order chi connectivity index (χ0) is 11.3. The average molecular weight is 209 g/mol. The van der Waals surface area contributed by atoms with Gasteiger partial charge in [-0.1, -0.05) is 12.1 Å². The molecule has 0 saturated carbocycles. The summed E-state index contributed by atoms with van der Waals surface area (Å²) in [5.74, 6) is 0.862. The second-order valence-electron chi connectivity index (χ2n) is 3.75. The van der Waals surface area contributed by atoms with E-state index in [2.05, 4.69) is 12.2 Å². The minimum Gasteiger partial charge on any atom is -0.497 e. The van der Waals surface area contributed by atoms with Crippen molar-refractivity contribution >= 4 is 0 Å². The van der Waals surface area contributed by atoms with E-state index in [9.17, 15) is 0 Å². The van der Waals surface area contributed by atoms with Crippen molar-refractivity contribution in [2.75, 3.05) is 13.7 Å². The first-order valence-electron chi connectivity index (χ1n) is 5.18. The van der Waals surface area contributed by atoms with Crippen LogP contribution in [-0.4, -0.2) is 24.9 Å². The molecular formula is C12H19NO2. The highest BCUT2D eigenvalue weighted by Crippen LogP contribution is 2.17. The Morgan fingerprint density at radius 2 is 1.87 bits per heavy atom. The normalized spacial score (nSPS) is 14.7. The van der Waals surface area contributed by atoms with E-state index in [1.807, 2.05) is 31.2 Å². The number of hydrogen-bond donors (Lipinski definition) is 2. The van der Waals surface area contributed by atoms with Gasteiger partial charge in [-0.15, -0.1) is 0 Å². The third-order valence-electron chi connectivity index (χ3n) is 2.42. The molecule has 0 aliphatic carbocycles. The fourth-order valence-electron chi connectivity index (χ4n) is 1.47. The molecule has 3 nitrogen and oxygen atoms in total. The summed E-state index contributed by atoms with van der Waals surface area (Å²) < 4.78 is 5.09. The number of benzene rings is 1. The second-order valence-corrected chi connectivity index (χ2v) is 3.75. The van der Waals surface area contributed by atoms with Gasteiger partial charge in [-0.3, -0.25) is 0 Å². The lowest BCUT2D eigenvalue weighted by molar-refractivity contribution is 0.243. The summed E-state index contributed by atoms with van der Waals surface area (Å²) >= 11 is 0. The SMILES string of the molecule is COc1ccc([C@@H](C)N[C@@H](C)CO)cc1. The monoisotopic (exact) mass is 209 g/mol. The van der Waals surface area contributed by atoms with Crippen molar-refractivity contribution in [3.63, 3.8) is 0 Å². The highest BCUT2D eigenvalue weighted by Gasteiger charge is 2.08. The Bertz CT molecular complexity index is 284. The number of hydrogen-bond acceptors (Lipinski definition) is 3. The van der Waals surface area contributed by atoms with Gasteiger partial charge < -0.3 is 15.2 Å². The quantitative estimate of drug-likeness (QED) is 0.776. The summed E-state index contributed by atoms with van der Waals surface area (Å²) in [4.78, 5) is 0. The molecule has 1 aromatic rings. The standard InChI is InChI=1S/C12H19NO2/c1-9(8-14)13-10(2)11-4-6-12(15-3)7-5-11/h4-7,9-10,13-14H,8H2,1-3H3/t9-,10+/m0/s1. The van der Waals surface area contributed by atoms with Gasteiger partial charge in [0.1, 0.15) is 5.75 Å². The van der Waals surface area contributed by atoms with Crippen LogP contribution in [0.5, 0.6) is 5.75 Å². The number of rotatable bonds is 5. The van der Waals surface area contributed by atoms with Gasteiger partial charge in [0.2, 0.25) is 0 Å². The van der Waals surface area contributed by atoms with E-state index in [0.717, 1.165) is 5.75 Å². The van der Waals surface area contributed by atoms with Crippen LogP contribution in [0, 0.1) is 0 Å². The van der Waals surface area contributed by atoms with Gasteiger partial charge in [-0.25, -0.2) is 0 Å². The number of ether oxygens (including phenoxy) is 1. The zero-order valence-corrected chi connectivity index (χ0v) is 9.53. The maximum atomic E-state index is 8.93. The number of methoxy groups -OCH3 is 1. The summed E-state index contributed by atoms with van der Waals surface area (Å²) in [6.07, 6.45) is 0. The molecule has 84 valence electrons. The maximum absolute atomic E-state index is 8.93. The van der Waals surface area contributed by atoms with E-state index in [-0.39, 0.29) is 18.7 Å². The fraction of sp³-hybridized carbons (Fsp3) is 0.500. The van der Waals surface area contributed by atoms with Crippen molar-refractivity contribution in [1.29, 1.82) is 0 Å². The summed E-state index contributed by atoms with van der Waals surface area (Å²) in [5, 5.41) is 12.2. The Hall–Kier alpha value is -1.06. The van der Waals surface area contributed by atoms with Crippen molar-refractivity contribution in [2.45, 2.75) is 25.9 Å². The third kappa shape index (κ3) is 3.53. The Morgan fingerprint density at radius 1 is 1.27 bits per heavy atom. The minimum atomic E-state index is 0.113. The van der Waals surface area contributed by atoms with Crippen LogP contribution in [-0.2, 0) is 0 Å². The van der Waals surface area contributed by atoms with Gasteiger partial charge in [-0.2, -0.15) is 0 Å². The molecule has 2 atom stereocenters. The summed E-state index contributed by atoms with van der Waals surface area (Å²) in [7, 11) is 1.66. The van der Waals surface area contributed by atoms with Crippen LogP contribution < -0.4 is 10.1 Å². The van der Waals surface area contributed by atoms with E-state index in [1.165, 1.54) is 5.56 Å². The summed E-state index contributed by atoms with van der Waals surface area (Å²) in [5.41, 5.74) is 1.19. The highest BCUT2D eigenvalue weighted by molar-refractivity contribution is 5.28.